The number of anilines is 1. The second-order valence-electron chi connectivity index (χ2n) is 11.0. The second-order valence-corrected chi connectivity index (χ2v) is 12.1. The van der Waals surface area contributed by atoms with Crippen LogP contribution >= 0.6 is 11.3 Å². The zero-order valence-corrected chi connectivity index (χ0v) is 22.8. The third-order valence-corrected chi connectivity index (χ3v) is 9.79. The fourth-order valence-electron chi connectivity index (χ4n) is 6.30. The molecule has 2 aliphatic carbocycles. The van der Waals surface area contributed by atoms with Crippen molar-refractivity contribution in [2.75, 3.05) is 25.6 Å². The summed E-state index contributed by atoms with van der Waals surface area (Å²) in [7, 11) is 1.64. The van der Waals surface area contributed by atoms with Gasteiger partial charge in [0.2, 0.25) is 5.91 Å². The predicted octanol–water partition coefficient (Wildman–Crippen LogP) is 4.49. The van der Waals surface area contributed by atoms with Gasteiger partial charge in [-0.05, 0) is 54.7 Å². The summed E-state index contributed by atoms with van der Waals surface area (Å²) in [6, 6.07) is 7.70. The number of amides is 1. The van der Waals surface area contributed by atoms with E-state index in [1.807, 2.05) is 31.2 Å². The van der Waals surface area contributed by atoms with E-state index in [9.17, 15) is 15.0 Å². The van der Waals surface area contributed by atoms with Crippen LogP contribution in [0.2, 0.25) is 0 Å². The quantitative estimate of drug-likeness (QED) is 0.348. The van der Waals surface area contributed by atoms with Gasteiger partial charge in [-0.25, -0.2) is 4.98 Å². The molecule has 4 rings (SSSR count). The topological polar surface area (TPSA) is 104 Å². The zero-order valence-electron chi connectivity index (χ0n) is 22.0. The van der Waals surface area contributed by atoms with Gasteiger partial charge in [-0.1, -0.05) is 39.3 Å². The lowest BCUT2D eigenvalue weighted by Gasteiger charge is -2.58. The number of aromatic nitrogens is 1. The summed E-state index contributed by atoms with van der Waals surface area (Å²) < 4.78 is 5.22. The normalized spacial score (nSPS) is 29.2. The molecule has 2 aromatic rings. The molecule has 0 aliphatic heterocycles. The molecule has 7 nitrogen and oxygen atoms in total. The molecule has 1 saturated carbocycles. The molecule has 0 spiro atoms. The molecule has 0 radical (unpaired) electrons. The fourth-order valence-corrected chi connectivity index (χ4v) is 7.39. The van der Waals surface area contributed by atoms with Crippen LogP contribution in [0.4, 0.5) is 5.13 Å². The first-order chi connectivity index (χ1) is 17.2. The number of carbonyl (C=O) groups excluding carboxylic acids is 1. The number of unbranched alkanes of at least 4 members (excludes halogenated alkanes) is 1. The van der Waals surface area contributed by atoms with Gasteiger partial charge in [0, 0.05) is 35.7 Å². The van der Waals surface area contributed by atoms with Gasteiger partial charge in [-0.15, -0.1) is 11.3 Å². The SMILES string of the molecule is CCCCNc1nc2c(s1)CC1C(C)(CO)C(O)CCC1(C)C2CC(=O)NCc1ccc(OC)cc1. The van der Waals surface area contributed by atoms with Crippen LogP contribution in [0.3, 0.4) is 0 Å². The lowest BCUT2D eigenvalue weighted by atomic mass is 9.47. The Labute approximate surface area is 218 Å². The number of ether oxygens (including phenoxy) is 1. The number of hydrogen-bond acceptors (Lipinski definition) is 7. The molecule has 8 heteroatoms. The van der Waals surface area contributed by atoms with Crippen molar-refractivity contribution in [3.63, 3.8) is 0 Å². The van der Waals surface area contributed by atoms with Gasteiger partial charge in [0.05, 0.1) is 25.5 Å². The molecule has 1 aromatic carbocycles. The van der Waals surface area contributed by atoms with Crippen molar-refractivity contribution < 1.29 is 19.7 Å². The summed E-state index contributed by atoms with van der Waals surface area (Å²) in [6.07, 6.45) is 4.18. The van der Waals surface area contributed by atoms with Crippen LogP contribution in [0, 0.1) is 16.7 Å². The van der Waals surface area contributed by atoms with E-state index in [-0.39, 0.29) is 29.8 Å². The van der Waals surface area contributed by atoms with Gasteiger partial charge in [-0.3, -0.25) is 4.79 Å². The lowest BCUT2D eigenvalue weighted by molar-refractivity contribution is -0.144. The number of hydrogen-bond donors (Lipinski definition) is 4. The van der Waals surface area contributed by atoms with Crippen molar-refractivity contribution in [1.29, 1.82) is 0 Å². The molecule has 36 heavy (non-hydrogen) atoms. The third kappa shape index (κ3) is 5.13. The summed E-state index contributed by atoms with van der Waals surface area (Å²) >= 11 is 1.67. The van der Waals surface area contributed by atoms with Crippen LogP contribution in [0.5, 0.6) is 5.75 Å². The number of aliphatic hydroxyl groups excluding tert-OH is 2. The molecule has 0 bridgehead atoms. The van der Waals surface area contributed by atoms with E-state index < -0.39 is 11.5 Å². The van der Waals surface area contributed by atoms with Gasteiger partial charge >= 0.3 is 0 Å². The number of carbonyl (C=O) groups is 1. The minimum absolute atomic E-state index is 0.00559. The van der Waals surface area contributed by atoms with Crippen LogP contribution < -0.4 is 15.4 Å². The molecule has 1 fully saturated rings. The number of benzene rings is 1. The van der Waals surface area contributed by atoms with Gasteiger partial charge in [0.15, 0.2) is 5.13 Å². The molecule has 1 heterocycles. The first-order valence-corrected chi connectivity index (χ1v) is 14.0. The highest BCUT2D eigenvalue weighted by Gasteiger charge is 2.59. The van der Waals surface area contributed by atoms with Crippen molar-refractivity contribution in [2.45, 2.75) is 77.9 Å². The summed E-state index contributed by atoms with van der Waals surface area (Å²) in [5.41, 5.74) is 1.19. The van der Waals surface area contributed by atoms with Crippen molar-refractivity contribution in [3.8, 4) is 5.75 Å². The molecule has 1 amide bonds. The molecular formula is C28H41N3O4S. The molecular weight excluding hydrogens is 474 g/mol. The van der Waals surface area contributed by atoms with Crippen molar-refractivity contribution in [3.05, 3.63) is 40.4 Å². The van der Waals surface area contributed by atoms with Crippen LogP contribution in [-0.2, 0) is 17.8 Å². The monoisotopic (exact) mass is 515 g/mol. The number of nitrogens with one attached hydrogen (secondary N) is 2. The molecule has 198 valence electrons. The summed E-state index contributed by atoms with van der Waals surface area (Å²) in [5.74, 6) is 0.777. The van der Waals surface area contributed by atoms with E-state index in [4.69, 9.17) is 9.72 Å². The van der Waals surface area contributed by atoms with Crippen LogP contribution in [-0.4, -0.2) is 47.5 Å². The first-order valence-electron chi connectivity index (χ1n) is 13.2. The van der Waals surface area contributed by atoms with Crippen LogP contribution in [0.1, 0.15) is 74.9 Å². The molecule has 2 aliphatic rings. The number of aliphatic hydroxyl groups is 2. The van der Waals surface area contributed by atoms with E-state index in [1.54, 1.807) is 18.4 Å². The number of rotatable bonds is 10. The van der Waals surface area contributed by atoms with Gasteiger partial charge in [0.1, 0.15) is 5.75 Å². The van der Waals surface area contributed by atoms with E-state index >= 15 is 0 Å². The highest BCUT2D eigenvalue weighted by atomic mass is 32.1. The maximum atomic E-state index is 13.3. The Morgan fingerprint density at radius 3 is 2.69 bits per heavy atom. The Kier molecular flexibility index (Phi) is 8.27. The molecule has 0 saturated heterocycles. The first kappa shape index (κ1) is 26.9. The number of thiazole rings is 1. The highest BCUT2D eigenvalue weighted by molar-refractivity contribution is 7.15. The van der Waals surface area contributed by atoms with Gasteiger partial charge in [-0.2, -0.15) is 0 Å². The predicted molar refractivity (Wildman–Crippen MR) is 143 cm³/mol. The Morgan fingerprint density at radius 1 is 1.28 bits per heavy atom. The van der Waals surface area contributed by atoms with E-state index in [0.29, 0.717) is 19.4 Å². The lowest BCUT2D eigenvalue weighted by Crippen LogP contribution is -2.57. The Balaban J connectivity index is 1.59. The minimum atomic E-state index is -0.609. The van der Waals surface area contributed by atoms with E-state index in [0.717, 1.165) is 54.4 Å². The van der Waals surface area contributed by atoms with Gasteiger partial charge in [0.25, 0.3) is 0 Å². The van der Waals surface area contributed by atoms with Gasteiger partial charge < -0.3 is 25.6 Å². The van der Waals surface area contributed by atoms with E-state index in [2.05, 4.69) is 24.5 Å². The molecule has 4 N–H and O–H groups in total. The smallest absolute Gasteiger partial charge is 0.220 e. The average Bonchev–Trinajstić information content (AvgIpc) is 3.29. The standard InChI is InChI=1S/C28H41N3O4S/c1-5-6-13-29-26-31-25-20(14-24(34)30-16-18-7-9-19(35-4)10-8-18)27(2)12-11-23(33)28(3,17-32)22(27)15-21(25)36-26/h7-10,20,22-23,32-33H,5-6,11-17H2,1-4H3,(H,29,31)(H,30,34). The van der Waals surface area contributed by atoms with Crippen molar-refractivity contribution in [2.24, 2.45) is 16.7 Å². The Bertz CT molecular complexity index is 1040. The summed E-state index contributed by atoms with van der Waals surface area (Å²) in [4.78, 5) is 19.5. The molecule has 5 unspecified atom stereocenters. The number of methoxy groups -OCH3 is 1. The third-order valence-electron chi connectivity index (χ3n) is 8.74. The average molecular weight is 516 g/mol. The van der Waals surface area contributed by atoms with Crippen LogP contribution in [0.15, 0.2) is 24.3 Å². The zero-order chi connectivity index (χ0) is 25.9. The van der Waals surface area contributed by atoms with Crippen molar-refractivity contribution >= 4 is 22.4 Å². The summed E-state index contributed by atoms with van der Waals surface area (Å²) in [5, 5.41) is 28.8. The number of fused-ring (bicyclic) bond motifs is 2. The fraction of sp³-hybridized carbons (Fsp3) is 0.643. The minimum Gasteiger partial charge on any atom is -0.497 e. The van der Waals surface area contributed by atoms with Crippen LogP contribution in [0.25, 0.3) is 0 Å². The molecule has 1 aromatic heterocycles. The number of nitrogens with zero attached hydrogens (tertiary/aromatic N) is 1. The Morgan fingerprint density at radius 2 is 2.03 bits per heavy atom. The Hall–Kier alpha value is -2.16. The van der Waals surface area contributed by atoms with Crippen molar-refractivity contribution in [1.82, 2.24) is 10.3 Å². The maximum absolute atomic E-state index is 13.3. The maximum Gasteiger partial charge on any atom is 0.220 e. The van der Waals surface area contributed by atoms with E-state index in [1.165, 1.54) is 4.88 Å². The second kappa shape index (κ2) is 11.1. The highest BCUT2D eigenvalue weighted by Crippen LogP contribution is 2.62. The molecule has 5 atom stereocenters. The largest absolute Gasteiger partial charge is 0.497 e. The summed E-state index contributed by atoms with van der Waals surface area (Å²) in [6.45, 7) is 7.68.